The van der Waals surface area contributed by atoms with E-state index >= 15 is 0 Å². The van der Waals surface area contributed by atoms with Crippen molar-refractivity contribution in [2.75, 3.05) is 27.8 Å². The molecule has 5 heteroatoms. The lowest BCUT2D eigenvalue weighted by molar-refractivity contribution is -0.129. The van der Waals surface area contributed by atoms with E-state index in [0.717, 1.165) is 17.7 Å². The van der Waals surface area contributed by atoms with Gasteiger partial charge in [0.1, 0.15) is 11.5 Å². The SMILES string of the molecule is COc1ccc(CCN(C)C(=O)CCC(=O)c2ccc(OC)cc2)cc1. The lowest BCUT2D eigenvalue weighted by Crippen LogP contribution is -2.29. The van der Waals surface area contributed by atoms with Crippen LogP contribution in [0.4, 0.5) is 0 Å². The Balaban J connectivity index is 1.77. The van der Waals surface area contributed by atoms with Crippen LogP contribution in [0, 0.1) is 0 Å². The fourth-order valence-electron chi connectivity index (χ4n) is 2.55. The lowest BCUT2D eigenvalue weighted by Gasteiger charge is -2.17. The molecule has 0 aliphatic heterocycles. The monoisotopic (exact) mass is 355 g/mol. The summed E-state index contributed by atoms with van der Waals surface area (Å²) in [6.07, 6.45) is 1.18. The van der Waals surface area contributed by atoms with Gasteiger partial charge < -0.3 is 14.4 Å². The summed E-state index contributed by atoms with van der Waals surface area (Å²) in [6.45, 7) is 0.613. The van der Waals surface area contributed by atoms with Crippen molar-refractivity contribution >= 4 is 11.7 Å². The molecule has 0 fully saturated rings. The first-order valence-electron chi connectivity index (χ1n) is 8.57. The molecule has 26 heavy (non-hydrogen) atoms. The fourth-order valence-corrected chi connectivity index (χ4v) is 2.55. The van der Waals surface area contributed by atoms with E-state index in [4.69, 9.17) is 9.47 Å². The normalized spacial score (nSPS) is 10.3. The van der Waals surface area contributed by atoms with Crippen molar-refractivity contribution in [3.63, 3.8) is 0 Å². The summed E-state index contributed by atoms with van der Waals surface area (Å²) in [5.74, 6) is 1.45. The zero-order valence-electron chi connectivity index (χ0n) is 15.5. The Morgan fingerprint density at radius 2 is 1.38 bits per heavy atom. The average Bonchev–Trinajstić information content (AvgIpc) is 2.70. The van der Waals surface area contributed by atoms with Crippen LogP contribution in [0.5, 0.6) is 11.5 Å². The highest BCUT2D eigenvalue weighted by atomic mass is 16.5. The minimum absolute atomic E-state index is 0.0274. The number of Topliss-reactive ketones (excluding diaryl/α,β-unsaturated/α-hetero) is 1. The van der Waals surface area contributed by atoms with Gasteiger partial charge in [-0.15, -0.1) is 0 Å². The van der Waals surface area contributed by atoms with Gasteiger partial charge in [-0.05, 0) is 48.4 Å². The van der Waals surface area contributed by atoms with Gasteiger partial charge in [0.2, 0.25) is 5.91 Å². The van der Waals surface area contributed by atoms with Crippen molar-refractivity contribution in [1.29, 1.82) is 0 Å². The second-order valence-corrected chi connectivity index (χ2v) is 6.07. The summed E-state index contributed by atoms with van der Waals surface area (Å²) in [5.41, 5.74) is 1.74. The van der Waals surface area contributed by atoms with E-state index in [2.05, 4.69) is 0 Å². The molecule has 5 nitrogen and oxygen atoms in total. The predicted octanol–water partition coefficient (Wildman–Crippen LogP) is 3.37. The predicted molar refractivity (Wildman–Crippen MR) is 101 cm³/mol. The maximum absolute atomic E-state index is 12.2. The van der Waals surface area contributed by atoms with Gasteiger partial charge in [0, 0.05) is 32.0 Å². The van der Waals surface area contributed by atoms with E-state index < -0.39 is 0 Å². The third-order valence-electron chi connectivity index (χ3n) is 4.30. The molecule has 0 aromatic heterocycles. The number of ketones is 1. The van der Waals surface area contributed by atoms with Gasteiger partial charge in [-0.3, -0.25) is 9.59 Å². The van der Waals surface area contributed by atoms with Crippen LogP contribution in [0.2, 0.25) is 0 Å². The molecule has 0 spiro atoms. The molecule has 2 aromatic carbocycles. The molecule has 1 amide bonds. The van der Waals surface area contributed by atoms with Gasteiger partial charge in [-0.25, -0.2) is 0 Å². The molecule has 138 valence electrons. The van der Waals surface area contributed by atoms with Crippen molar-refractivity contribution in [3.05, 3.63) is 59.7 Å². The molecular weight excluding hydrogens is 330 g/mol. The van der Waals surface area contributed by atoms with E-state index in [0.29, 0.717) is 17.9 Å². The summed E-state index contributed by atoms with van der Waals surface area (Å²) >= 11 is 0. The Morgan fingerprint density at radius 1 is 0.846 bits per heavy atom. The zero-order valence-corrected chi connectivity index (χ0v) is 15.5. The highest BCUT2D eigenvalue weighted by Gasteiger charge is 2.13. The molecule has 0 bridgehead atoms. The van der Waals surface area contributed by atoms with Crippen LogP contribution in [-0.4, -0.2) is 44.4 Å². The number of hydrogen-bond donors (Lipinski definition) is 0. The van der Waals surface area contributed by atoms with Gasteiger partial charge in [0.25, 0.3) is 0 Å². The smallest absolute Gasteiger partial charge is 0.222 e. The van der Waals surface area contributed by atoms with Crippen molar-refractivity contribution in [3.8, 4) is 11.5 Å². The van der Waals surface area contributed by atoms with Crippen molar-refractivity contribution in [2.45, 2.75) is 19.3 Å². The minimum Gasteiger partial charge on any atom is -0.497 e. The number of carbonyl (C=O) groups is 2. The van der Waals surface area contributed by atoms with Crippen LogP contribution in [0.15, 0.2) is 48.5 Å². The van der Waals surface area contributed by atoms with Gasteiger partial charge in [-0.1, -0.05) is 12.1 Å². The number of nitrogens with zero attached hydrogens (tertiary/aromatic N) is 1. The molecule has 0 atom stereocenters. The quantitative estimate of drug-likeness (QED) is 0.647. The summed E-state index contributed by atoms with van der Waals surface area (Å²) in [7, 11) is 4.98. The van der Waals surface area contributed by atoms with Crippen LogP contribution in [0.1, 0.15) is 28.8 Å². The Kier molecular flexibility index (Phi) is 7.21. The molecule has 0 aliphatic carbocycles. The topological polar surface area (TPSA) is 55.8 Å². The number of benzene rings is 2. The Labute approximate surface area is 154 Å². The van der Waals surface area contributed by atoms with E-state index in [9.17, 15) is 9.59 Å². The number of methoxy groups -OCH3 is 2. The van der Waals surface area contributed by atoms with E-state index in [1.165, 1.54) is 0 Å². The standard InChI is InChI=1S/C21H25NO4/c1-22(15-14-16-4-8-18(25-2)9-5-16)21(24)13-12-20(23)17-6-10-19(26-3)11-7-17/h4-11H,12-15H2,1-3H3. The summed E-state index contributed by atoms with van der Waals surface area (Å²) < 4.78 is 10.2. The van der Waals surface area contributed by atoms with E-state index in [1.54, 1.807) is 50.4 Å². The Bertz CT molecular complexity index is 723. The summed E-state index contributed by atoms with van der Waals surface area (Å²) in [4.78, 5) is 26.1. The molecule has 0 saturated heterocycles. The van der Waals surface area contributed by atoms with Gasteiger partial charge in [-0.2, -0.15) is 0 Å². The molecular formula is C21H25NO4. The Morgan fingerprint density at radius 3 is 1.92 bits per heavy atom. The van der Waals surface area contributed by atoms with Crippen molar-refractivity contribution in [1.82, 2.24) is 4.90 Å². The van der Waals surface area contributed by atoms with Crippen molar-refractivity contribution in [2.24, 2.45) is 0 Å². The first kappa shape index (κ1) is 19.5. The van der Waals surface area contributed by atoms with Crippen LogP contribution in [0.25, 0.3) is 0 Å². The third-order valence-corrected chi connectivity index (χ3v) is 4.30. The fraction of sp³-hybridized carbons (Fsp3) is 0.333. The molecule has 0 N–H and O–H groups in total. The van der Waals surface area contributed by atoms with Gasteiger partial charge >= 0.3 is 0 Å². The van der Waals surface area contributed by atoms with E-state index in [-0.39, 0.29) is 24.5 Å². The van der Waals surface area contributed by atoms with Crippen LogP contribution in [-0.2, 0) is 11.2 Å². The first-order valence-corrected chi connectivity index (χ1v) is 8.57. The second kappa shape index (κ2) is 9.61. The second-order valence-electron chi connectivity index (χ2n) is 6.07. The molecule has 0 aliphatic rings. The largest absolute Gasteiger partial charge is 0.497 e. The number of rotatable bonds is 9. The summed E-state index contributed by atoms with van der Waals surface area (Å²) in [5, 5.41) is 0. The highest BCUT2D eigenvalue weighted by Crippen LogP contribution is 2.14. The lowest BCUT2D eigenvalue weighted by atomic mass is 10.1. The van der Waals surface area contributed by atoms with Crippen LogP contribution < -0.4 is 9.47 Å². The maximum Gasteiger partial charge on any atom is 0.222 e. The molecule has 0 radical (unpaired) electrons. The number of hydrogen-bond acceptors (Lipinski definition) is 4. The van der Waals surface area contributed by atoms with Gasteiger partial charge in [0.15, 0.2) is 5.78 Å². The van der Waals surface area contributed by atoms with Crippen LogP contribution >= 0.6 is 0 Å². The molecule has 0 unspecified atom stereocenters. The van der Waals surface area contributed by atoms with Gasteiger partial charge in [0.05, 0.1) is 14.2 Å². The zero-order chi connectivity index (χ0) is 18.9. The Hall–Kier alpha value is -2.82. The summed E-state index contributed by atoms with van der Waals surface area (Å²) in [6, 6.07) is 14.7. The maximum atomic E-state index is 12.2. The molecule has 0 saturated carbocycles. The van der Waals surface area contributed by atoms with E-state index in [1.807, 2.05) is 24.3 Å². The third kappa shape index (κ3) is 5.62. The number of carbonyl (C=O) groups excluding carboxylic acids is 2. The average molecular weight is 355 g/mol. The molecule has 2 aromatic rings. The highest BCUT2D eigenvalue weighted by molar-refractivity contribution is 5.98. The number of amides is 1. The molecule has 0 heterocycles. The number of likely N-dealkylation sites (N-methyl/N-ethyl adjacent to an activating group) is 1. The van der Waals surface area contributed by atoms with Crippen molar-refractivity contribution < 1.29 is 19.1 Å². The minimum atomic E-state index is -0.0374. The van der Waals surface area contributed by atoms with Crippen LogP contribution in [0.3, 0.4) is 0 Å². The molecule has 2 rings (SSSR count). The number of ether oxygens (including phenoxy) is 2. The first-order chi connectivity index (χ1) is 12.5.